The number of carbonyl (C=O) groups excluding carboxylic acids is 2. The van der Waals surface area contributed by atoms with Crippen LogP contribution in [0.4, 0.5) is 15.0 Å². The molecule has 29 heavy (non-hydrogen) atoms. The largest absolute Gasteiger partial charge is 0.347 e. The Hall–Kier alpha value is -2.78. The highest BCUT2D eigenvalue weighted by molar-refractivity contribution is 6.09. The Bertz CT molecular complexity index is 1050. The Morgan fingerprint density at radius 1 is 1.21 bits per heavy atom. The average molecular weight is 400 g/mol. The summed E-state index contributed by atoms with van der Waals surface area (Å²) in [7, 11) is 1.75. The van der Waals surface area contributed by atoms with Crippen LogP contribution in [-0.4, -0.2) is 47.3 Å². The Morgan fingerprint density at radius 3 is 2.69 bits per heavy atom. The van der Waals surface area contributed by atoms with Gasteiger partial charge in [0.1, 0.15) is 5.82 Å². The zero-order valence-electron chi connectivity index (χ0n) is 16.0. The number of urea groups is 1. The molecule has 0 saturated carbocycles. The molecule has 0 radical (unpaired) electrons. The van der Waals surface area contributed by atoms with Crippen LogP contribution in [0.3, 0.4) is 0 Å². The van der Waals surface area contributed by atoms with Gasteiger partial charge in [0.05, 0.1) is 18.7 Å². The summed E-state index contributed by atoms with van der Waals surface area (Å²) < 4.78 is 28.2. The molecule has 2 aromatic rings. The molecule has 9 heteroatoms. The fourth-order valence-corrected chi connectivity index (χ4v) is 4.28. The van der Waals surface area contributed by atoms with Gasteiger partial charge in [0.25, 0.3) is 0 Å². The van der Waals surface area contributed by atoms with Crippen LogP contribution in [0.5, 0.6) is 0 Å². The molecule has 2 saturated heterocycles. The second-order valence-corrected chi connectivity index (χ2v) is 7.59. The van der Waals surface area contributed by atoms with Gasteiger partial charge in [0.15, 0.2) is 11.6 Å². The first-order chi connectivity index (χ1) is 14.0. The molecule has 1 aromatic heterocycles. The zero-order chi connectivity index (χ0) is 20.2. The Morgan fingerprint density at radius 2 is 2.00 bits per heavy atom. The SMILES string of the molecule is Cn1nc(N2CCC(=O)NC2=O)c2cc(F)c(C3=CCC4(CC3)OCCO4)cc21. The summed E-state index contributed by atoms with van der Waals surface area (Å²) in [6, 6.07) is 2.65. The van der Waals surface area contributed by atoms with Crippen molar-refractivity contribution in [1.82, 2.24) is 15.1 Å². The maximum absolute atomic E-state index is 15.1. The first-order valence-corrected chi connectivity index (χ1v) is 9.71. The molecule has 1 aliphatic carbocycles. The third-order valence-corrected chi connectivity index (χ3v) is 5.82. The molecule has 8 nitrogen and oxygen atoms in total. The minimum absolute atomic E-state index is 0.184. The van der Waals surface area contributed by atoms with Gasteiger partial charge in [-0.3, -0.25) is 19.7 Å². The topological polar surface area (TPSA) is 85.7 Å². The molecule has 3 amide bonds. The lowest BCUT2D eigenvalue weighted by atomic mass is 9.89. The van der Waals surface area contributed by atoms with Gasteiger partial charge in [-0.1, -0.05) is 6.08 Å². The summed E-state index contributed by atoms with van der Waals surface area (Å²) in [5.74, 6) is -0.891. The number of ether oxygens (including phenoxy) is 2. The van der Waals surface area contributed by atoms with E-state index >= 15 is 4.39 Å². The molecule has 0 atom stereocenters. The molecular weight excluding hydrogens is 379 g/mol. The van der Waals surface area contributed by atoms with Crippen LogP contribution in [0.1, 0.15) is 31.2 Å². The van der Waals surface area contributed by atoms with E-state index in [9.17, 15) is 9.59 Å². The smallest absolute Gasteiger partial charge is 0.329 e. The van der Waals surface area contributed by atoms with E-state index in [-0.39, 0.29) is 24.7 Å². The molecule has 1 aromatic carbocycles. The van der Waals surface area contributed by atoms with Gasteiger partial charge in [-0.2, -0.15) is 5.10 Å². The van der Waals surface area contributed by atoms with E-state index in [1.54, 1.807) is 17.8 Å². The highest BCUT2D eigenvalue weighted by Crippen LogP contribution is 2.40. The van der Waals surface area contributed by atoms with Gasteiger partial charge < -0.3 is 9.47 Å². The van der Waals surface area contributed by atoms with Crippen LogP contribution in [0.25, 0.3) is 16.5 Å². The quantitative estimate of drug-likeness (QED) is 0.837. The summed E-state index contributed by atoms with van der Waals surface area (Å²) in [5.41, 5.74) is 2.16. The average Bonchev–Trinajstić information content (AvgIpc) is 3.27. The summed E-state index contributed by atoms with van der Waals surface area (Å²) in [4.78, 5) is 25.0. The van der Waals surface area contributed by atoms with Crippen LogP contribution in [-0.2, 0) is 21.3 Å². The van der Waals surface area contributed by atoms with E-state index in [0.717, 1.165) is 11.1 Å². The third kappa shape index (κ3) is 3.01. The van der Waals surface area contributed by atoms with Gasteiger partial charge in [-0.15, -0.1) is 0 Å². The number of imide groups is 1. The van der Waals surface area contributed by atoms with E-state index in [1.807, 2.05) is 6.08 Å². The van der Waals surface area contributed by atoms with Crippen molar-refractivity contribution in [2.75, 3.05) is 24.7 Å². The number of allylic oxidation sites excluding steroid dienone is 1. The van der Waals surface area contributed by atoms with Crippen molar-refractivity contribution in [3.8, 4) is 0 Å². The number of hydrogen-bond acceptors (Lipinski definition) is 5. The fraction of sp³-hybridized carbons (Fsp3) is 0.450. The van der Waals surface area contributed by atoms with Crippen LogP contribution in [0.15, 0.2) is 18.2 Å². The monoisotopic (exact) mass is 400 g/mol. The molecule has 5 rings (SSSR count). The number of halogens is 1. The van der Waals surface area contributed by atoms with Crippen molar-refractivity contribution < 1.29 is 23.5 Å². The third-order valence-electron chi connectivity index (χ3n) is 5.82. The second-order valence-electron chi connectivity index (χ2n) is 7.59. The Labute approximate surface area is 166 Å². The van der Waals surface area contributed by atoms with E-state index in [4.69, 9.17) is 9.47 Å². The highest BCUT2D eigenvalue weighted by atomic mass is 19.1. The minimum atomic E-state index is -0.553. The molecule has 3 aliphatic rings. The van der Waals surface area contributed by atoms with Crippen molar-refractivity contribution in [2.24, 2.45) is 7.05 Å². The van der Waals surface area contributed by atoms with E-state index in [1.165, 1.54) is 11.0 Å². The predicted molar refractivity (Wildman–Crippen MR) is 103 cm³/mol. The zero-order valence-corrected chi connectivity index (χ0v) is 16.0. The van der Waals surface area contributed by atoms with Gasteiger partial charge in [0.2, 0.25) is 5.91 Å². The number of amides is 3. The molecule has 2 fully saturated rings. The van der Waals surface area contributed by atoms with E-state index in [2.05, 4.69) is 10.4 Å². The van der Waals surface area contributed by atoms with Crippen molar-refractivity contribution in [3.63, 3.8) is 0 Å². The lowest BCUT2D eigenvalue weighted by Gasteiger charge is -2.30. The normalized spacial score (nSPS) is 21.7. The second kappa shape index (κ2) is 6.64. The predicted octanol–water partition coefficient (Wildman–Crippen LogP) is 2.47. The fourth-order valence-electron chi connectivity index (χ4n) is 4.28. The van der Waals surface area contributed by atoms with Crippen molar-refractivity contribution in [3.05, 3.63) is 29.6 Å². The summed E-state index contributed by atoms with van der Waals surface area (Å²) in [6.45, 7) is 1.40. The molecule has 3 heterocycles. The molecule has 1 spiro atoms. The number of nitrogens with zero attached hydrogens (tertiary/aromatic N) is 3. The number of fused-ring (bicyclic) bond motifs is 1. The number of benzene rings is 1. The summed E-state index contributed by atoms with van der Waals surface area (Å²) >= 11 is 0. The number of carbonyl (C=O) groups is 2. The summed E-state index contributed by atoms with van der Waals surface area (Å²) in [5, 5.41) is 7.23. The molecule has 0 unspecified atom stereocenters. The number of hydrogen-bond donors (Lipinski definition) is 1. The molecule has 0 bridgehead atoms. The first-order valence-electron chi connectivity index (χ1n) is 9.71. The van der Waals surface area contributed by atoms with Crippen molar-refractivity contribution in [2.45, 2.75) is 31.5 Å². The van der Waals surface area contributed by atoms with Crippen molar-refractivity contribution >= 4 is 34.2 Å². The van der Waals surface area contributed by atoms with Gasteiger partial charge >= 0.3 is 6.03 Å². The maximum Gasteiger partial charge on any atom is 0.329 e. The molecular formula is C20H21FN4O4. The van der Waals surface area contributed by atoms with Gasteiger partial charge in [-0.05, 0) is 24.1 Å². The lowest BCUT2D eigenvalue weighted by Crippen LogP contribution is -2.49. The highest BCUT2D eigenvalue weighted by Gasteiger charge is 2.38. The van der Waals surface area contributed by atoms with Crippen molar-refractivity contribution in [1.29, 1.82) is 0 Å². The number of rotatable bonds is 2. The summed E-state index contributed by atoms with van der Waals surface area (Å²) in [6.07, 6.45) is 4.11. The van der Waals surface area contributed by atoms with E-state index in [0.29, 0.717) is 49.2 Å². The Kier molecular flexibility index (Phi) is 4.18. The van der Waals surface area contributed by atoms with Crippen LogP contribution in [0, 0.1) is 5.82 Å². The number of aryl methyl sites for hydroxylation is 1. The molecule has 1 N–H and O–H groups in total. The molecule has 152 valence electrons. The number of nitrogens with one attached hydrogen (secondary N) is 1. The van der Waals surface area contributed by atoms with Gasteiger partial charge in [0, 0.05) is 43.8 Å². The number of aromatic nitrogens is 2. The minimum Gasteiger partial charge on any atom is -0.347 e. The van der Waals surface area contributed by atoms with Crippen LogP contribution in [0.2, 0.25) is 0 Å². The molecule has 2 aliphatic heterocycles. The number of anilines is 1. The lowest BCUT2D eigenvalue weighted by molar-refractivity contribution is -0.159. The standard InChI is InChI=1S/C20H21FN4O4/c1-24-16-11-13(12-2-5-20(6-3-12)28-8-9-29-20)15(21)10-14(16)18(23-24)25-7-4-17(26)22-19(25)27/h2,10-11H,3-9H2,1H3,(H,22,26,27). The van der Waals surface area contributed by atoms with Crippen LogP contribution >= 0.6 is 0 Å². The Balaban J connectivity index is 1.51. The van der Waals surface area contributed by atoms with Crippen LogP contribution < -0.4 is 10.2 Å². The first kappa shape index (κ1) is 18.3. The maximum atomic E-state index is 15.1. The van der Waals surface area contributed by atoms with Gasteiger partial charge in [-0.25, -0.2) is 9.18 Å². The van der Waals surface area contributed by atoms with E-state index < -0.39 is 11.8 Å².